The van der Waals surface area contributed by atoms with E-state index in [1.807, 2.05) is 24.7 Å². The molecule has 4 nitrogen and oxygen atoms in total. The summed E-state index contributed by atoms with van der Waals surface area (Å²) in [6, 6.07) is 1.80. The van der Waals surface area contributed by atoms with Gasteiger partial charge < -0.3 is 0 Å². The molecule has 0 bridgehead atoms. The highest BCUT2D eigenvalue weighted by atomic mass is 16.1. The fraction of sp³-hybridized carbons (Fsp3) is 0.357. The Kier molecular flexibility index (Phi) is 3.87. The molecule has 0 N–H and O–H groups in total. The van der Waals surface area contributed by atoms with Crippen molar-refractivity contribution in [1.29, 1.82) is 0 Å². The van der Waals surface area contributed by atoms with E-state index in [1.165, 1.54) is 0 Å². The largest absolute Gasteiger partial charge is 0.294 e. The van der Waals surface area contributed by atoms with Crippen molar-refractivity contribution >= 4 is 5.78 Å². The number of hydrogen-bond donors (Lipinski definition) is 0. The van der Waals surface area contributed by atoms with Gasteiger partial charge in [-0.05, 0) is 30.5 Å². The van der Waals surface area contributed by atoms with Crippen LogP contribution in [0.4, 0.5) is 0 Å². The fourth-order valence-corrected chi connectivity index (χ4v) is 1.93. The van der Waals surface area contributed by atoms with Crippen LogP contribution >= 0.6 is 0 Å². The van der Waals surface area contributed by atoms with Gasteiger partial charge in [-0.25, -0.2) is 0 Å². The maximum Gasteiger partial charge on any atom is 0.167 e. The lowest BCUT2D eigenvalue weighted by Gasteiger charge is -2.04. The molecular formula is C14H17N3O. The minimum absolute atomic E-state index is 0.130. The number of ketones is 1. The van der Waals surface area contributed by atoms with Crippen molar-refractivity contribution < 1.29 is 4.79 Å². The van der Waals surface area contributed by atoms with Crippen molar-refractivity contribution in [2.45, 2.75) is 33.2 Å². The van der Waals surface area contributed by atoms with Crippen LogP contribution in [0.3, 0.4) is 0 Å². The Hall–Kier alpha value is -1.97. The third kappa shape index (κ3) is 2.64. The van der Waals surface area contributed by atoms with Crippen LogP contribution in [-0.2, 0) is 19.4 Å². The average molecular weight is 243 g/mol. The first-order chi connectivity index (χ1) is 8.74. The predicted octanol–water partition coefficient (Wildman–Crippen LogP) is 2.29. The van der Waals surface area contributed by atoms with Gasteiger partial charge in [0.25, 0.3) is 0 Å². The van der Waals surface area contributed by atoms with Crippen LogP contribution in [0.1, 0.15) is 35.3 Å². The van der Waals surface area contributed by atoms with Gasteiger partial charge in [0.15, 0.2) is 5.78 Å². The lowest BCUT2D eigenvalue weighted by atomic mass is 10.0. The molecule has 0 aliphatic rings. The van der Waals surface area contributed by atoms with Crippen molar-refractivity contribution in [3.05, 3.63) is 47.5 Å². The van der Waals surface area contributed by atoms with Crippen LogP contribution in [0.5, 0.6) is 0 Å². The van der Waals surface area contributed by atoms with Gasteiger partial charge in [-0.3, -0.25) is 14.5 Å². The second kappa shape index (κ2) is 5.58. The molecule has 0 aliphatic heterocycles. The van der Waals surface area contributed by atoms with E-state index >= 15 is 0 Å². The van der Waals surface area contributed by atoms with Crippen molar-refractivity contribution in [3.8, 4) is 0 Å². The van der Waals surface area contributed by atoms with Gasteiger partial charge in [0.05, 0.1) is 6.20 Å². The molecule has 0 aromatic carbocycles. The Balaban J connectivity index is 2.16. The molecule has 0 radical (unpaired) electrons. The molecule has 2 heterocycles. The van der Waals surface area contributed by atoms with Crippen molar-refractivity contribution in [1.82, 2.24) is 14.8 Å². The zero-order chi connectivity index (χ0) is 13.0. The summed E-state index contributed by atoms with van der Waals surface area (Å²) in [6.45, 7) is 4.88. The molecule has 2 aromatic rings. The first kappa shape index (κ1) is 12.5. The van der Waals surface area contributed by atoms with E-state index in [9.17, 15) is 4.79 Å². The number of Topliss-reactive ketones (excluding diaryl/α,β-unsaturated/α-hetero) is 1. The number of aryl methyl sites for hydroxylation is 2. The number of pyridine rings is 1. The molecule has 0 aliphatic carbocycles. The van der Waals surface area contributed by atoms with Gasteiger partial charge >= 0.3 is 0 Å². The Morgan fingerprint density at radius 3 is 2.83 bits per heavy atom. The molecule has 0 saturated carbocycles. The van der Waals surface area contributed by atoms with Crippen LogP contribution < -0.4 is 0 Å². The minimum Gasteiger partial charge on any atom is -0.294 e. The number of aromatic nitrogens is 3. The minimum atomic E-state index is 0.130. The van der Waals surface area contributed by atoms with E-state index in [0.29, 0.717) is 6.42 Å². The van der Waals surface area contributed by atoms with Gasteiger partial charge in [-0.2, -0.15) is 5.10 Å². The summed E-state index contributed by atoms with van der Waals surface area (Å²) < 4.78 is 1.83. The number of hydrogen-bond acceptors (Lipinski definition) is 3. The maximum atomic E-state index is 12.2. The second-order valence-electron chi connectivity index (χ2n) is 4.19. The lowest BCUT2D eigenvalue weighted by molar-refractivity contribution is 0.0992. The van der Waals surface area contributed by atoms with Crippen molar-refractivity contribution in [2.75, 3.05) is 0 Å². The van der Waals surface area contributed by atoms with Crippen LogP contribution in [0, 0.1) is 0 Å². The molecule has 0 atom stereocenters. The quantitative estimate of drug-likeness (QED) is 0.757. The molecule has 0 fully saturated rings. The Morgan fingerprint density at radius 1 is 1.33 bits per heavy atom. The summed E-state index contributed by atoms with van der Waals surface area (Å²) in [6.07, 6.45) is 8.34. The van der Waals surface area contributed by atoms with E-state index in [0.717, 1.165) is 29.7 Å². The third-order valence-electron chi connectivity index (χ3n) is 2.96. The first-order valence-electron chi connectivity index (χ1n) is 6.22. The summed E-state index contributed by atoms with van der Waals surface area (Å²) in [5.74, 6) is 0.130. The summed E-state index contributed by atoms with van der Waals surface area (Å²) >= 11 is 0. The van der Waals surface area contributed by atoms with Crippen LogP contribution in [-0.4, -0.2) is 20.5 Å². The third-order valence-corrected chi connectivity index (χ3v) is 2.96. The lowest BCUT2D eigenvalue weighted by Crippen LogP contribution is -2.07. The summed E-state index contributed by atoms with van der Waals surface area (Å²) in [5, 5.41) is 4.18. The zero-order valence-electron chi connectivity index (χ0n) is 10.8. The molecule has 0 amide bonds. The van der Waals surface area contributed by atoms with Gasteiger partial charge in [0.2, 0.25) is 0 Å². The van der Waals surface area contributed by atoms with Gasteiger partial charge in [0, 0.05) is 37.1 Å². The maximum absolute atomic E-state index is 12.2. The zero-order valence-corrected chi connectivity index (χ0v) is 10.8. The molecule has 4 heteroatoms. The molecule has 0 saturated heterocycles. The van der Waals surface area contributed by atoms with Crippen molar-refractivity contribution in [3.63, 3.8) is 0 Å². The van der Waals surface area contributed by atoms with E-state index in [2.05, 4.69) is 10.1 Å². The normalized spacial score (nSPS) is 10.6. The Labute approximate surface area is 107 Å². The topological polar surface area (TPSA) is 47.8 Å². The molecule has 94 valence electrons. The van der Waals surface area contributed by atoms with E-state index < -0.39 is 0 Å². The van der Waals surface area contributed by atoms with Crippen LogP contribution in [0.2, 0.25) is 0 Å². The van der Waals surface area contributed by atoms with Crippen LogP contribution in [0.15, 0.2) is 30.9 Å². The van der Waals surface area contributed by atoms with Gasteiger partial charge in [-0.1, -0.05) is 6.92 Å². The molecule has 18 heavy (non-hydrogen) atoms. The fourth-order valence-electron chi connectivity index (χ4n) is 1.93. The standard InChI is InChI=1S/C14H17N3O/c1-3-12-9-15-6-5-13(12)14(18)7-11-8-16-17(4-2)10-11/h5-6,8-10H,3-4,7H2,1-2H3. The first-order valence-corrected chi connectivity index (χ1v) is 6.22. The van der Waals surface area contributed by atoms with Gasteiger partial charge in [0.1, 0.15) is 0 Å². The highest BCUT2D eigenvalue weighted by Gasteiger charge is 2.12. The van der Waals surface area contributed by atoms with E-state index in [-0.39, 0.29) is 5.78 Å². The number of carbonyl (C=O) groups excluding carboxylic acids is 1. The van der Waals surface area contributed by atoms with Crippen LogP contribution in [0.25, 0.3) is 0 Å². The SMILES string of the molecule is CCc1cnccc1C(=O)Cc1cnn(CC)c1. The smallest absolute Gasteiger partial charge is 0.167 e. The summed E-state index contributed by atoms with van der Waals surface area (Å²) in [4.78, 5) is 16.3. The Morgan fingerprint density at radius 2 is 2.17 bits per heavy atom. The monoisotopic (exact) mass is 243 g/mol. The number of rotatable bonds is 5. The predicted molar refractivity (Wildman–Crippen MR) is 69.6 cm³/mol. The Bertz CT molecular complexity index is 545. The summed E-state index contributed by atoms with van der Waals surface area (Å²) in [7, 11) is 0. The molecule has 2 rings (SSSR count). The van der Waals surface area contributed by atoms with E-state index in [4.69, 9.17) is 0 Å². The average Bonchev–Trinajstić information content (AvgIpc) is 2.86. The van der Waals surface area contributed by atoms with Crippen molar-refractivity contribution in [2.24, 2.45) is 0 Å². The second-order valence-corrected chi connectivity index (χ2v) is 4.19. The highest BCUT2D eigenvalue weighted by Crippen LogP contribution is 2.12. The molecule has 0 unspecified atom stereocenters. The highest BCUT2D eigenvalue weighted by molar-refractivity contribution is 5.98. The molecule has 0 spiro atoms. The van der Waals surface area contributed by atoms with Gasteiger partial charge in [-0.15, -0.1) is 0 Å². The molecular weight excluding hydrogens is 226 g/mol. The number of carbonyl (C=O) groups is 1. The number of nitrogens with zero attached hydrogens (tertiary/aromatic N) is 3. The molecule has 2 aromatic heterocycles. The summed E-state index contributed by atoms with van der Waals surface area (Å²) in [5.41, 5.74) is 2.74. The van der Waals surface area contributed by atoms with E-state index in [1.54, 1.807) is 24.7 Å².